The number of nitrogen functional groups attached to an aromatic ring is 1. The molecule has 0 aromatic heterocycles. The van der Waals surface area contributed by atoms with Gasteiger partial charge in [-0.1, -0.05) is 42.5 Å². The van der Waals surface area contributed by atoms with Gasteiger partial charge in [0.15, 0.2) is 0 Å². The van der Waals surface area contributed by atoms with Crippen molar-refractivity contribution in [2.45, 2.75) is 25.4 Å². The molecule has 0 saturated carbocycles. The van der Waals surface area contributed by atoms with Crippen molar-refractivity contribution in [3.63, 3.8) is 0 Å². The van der Waals surface area contributed by atoms with Gasteiger partial charge in [0.1, 0.15) is 0 Å². The molecular formula is C20H24N2O2. The van der Waals surface area contributed by atoms with E-state index in [-0.39, 0.29) is 12.0 Å². The second-order valence-corrected chi connectivity index (χ2v) is 6.33. The molecule has 1 aliphatic rings. The van der Waals surface area contributed by atoms with Crippen molar-refractivity contribution < 1.29 is 9.53 Å². The largest absolute Gasteiger partial charge is 0.399 e. The van der Waals surface area contributed by atoms with E-state index in [1.54, 1.807) is 0 Å². The molecule has 1 saturated heterocycles. The van der Waals surface area contributed by atoms with Crippen LogP contribution in [-0.2, 0) is 16.0 Å². The Morgan fingerprint density at radius 1 is 1.12 bits per heavy atom. The van der Waals surface area contributed by atoms with E-state index >= 15 is 0 Å². The van der Waals surface area contributed by atoms with Crippen LogP contribution in [0.25, 0.3) is 0 Å². The first-order chi connectivity index (χ1) is 11.7. The smallest absolute Gasteiger partial charge is 0.224 e. The second-order valence-electron chi connectivity index (χ2n) is 6.33. The summed E-state index contributed by atoms with van der Waals surface area (Å²) in [4.78, 5) is 12.2. The average Bonchev–Trinajstić information content (AvgIpc) is 2.63. The summed E-state index contributed by atoms with van der Waals surface area (Å²) in [7, 11) is 0. The Kier molecular flexibility index (Phi) is 5.49. The molecule has 126 valence electrons. The molecule has 1 fully saturated rings. The SMILES string of the molecule is Nc1ccc(CC(=O)NCC2CCCOC2c2ccccc2)cc1. The number of carbonyl (C=O) groups is 1. The Hall–Kier alpha value is -2.33. The van der Waals surface area contributed by atoms with E-state index in [1.807, 2.05) is 42.5 Å². The number of hydrogen-bond donors (Lipinski definition) is 2. The minimum absolute atomic E-state index is 0.0390. The molecule has 1 amide bonds. The number of carbonyl (C=O) groups excluding carboxylic acids is 1. The van der Waals surface area contributed by atoms with E-state index in [2.05, 4.69) is 17.4 Å². The Morgan fingerprint density at radius 3 is 2.62 bits per heavy atom. The van der Waals surface area contributed by atoms with E-state index in [1.165, 1.54) is 5.56 Å². The molecule has 24 heavy (non-hydrogen) atoms. The van der Waals surface area contributed by atoms with Gasteiger partial charge in [-0.25, -0.2) is 0 Å². The molecule has 4 heteroatoms. The lowest BCUT2D eigenvalue weighted by Gasteiger charge is -2.32. The highest BCUT2D eigenvalue weighted by molar-refractivity contribution is 5.78. The lowest BCUT2D eigenvalue weighted by atomic mass is 9.89. The Morgan fingerprint density at radius 2 is 1.88 bits per heavy atom. The zero-order valence-electron chi connectivity index (χ0n) is 13.8. The van der Waals surface area contributed by atoms with Gasteiger partial charge in [-0.3, -0.25) is 4.79 Å². The van der Waals surface area contributed by atoms with Crippen LogP contribution in [-0.4, -0.2) is 19.1 Å². The van der Waals surface area contributed by atoms with Crippen LogP contribution in [0, 0.1) is 5.92 Å². The summed E-state index contributed by atoms with van der Waals surface area (Å²) in [6.07, 6.45) is 2.56. The monoisotopic (exact) mass is 324 g/mol. The fourth-order valence-corrected chi connectivity index (χ4v) is 3.19. The topological polar surface area (TPSA) is 64.4 Å². The summed E-state index contributed by atoms with van der Waals surface area (Å²) in [5.41, 5.74) is 8.55. The number of amides is 1. The van der Waals surface area contributed by atoms with Crippen LogP contribution in [0.4, 0.5) is 5.69 Å². The summed E-state index contributed by atoms with van der Waals surface area (Å²) in [5, 5.41) is 3.07. The summed E-state index contributed by atoms with van der Waals surface area (Å²) in [6, 6.07) is 17.7. The molecule has 2 atom stereocenters. The molecule has 2 unspecified atom stereocenters. The van der Waals surface area contributed by atoms with Crippen LogP contribution in [0.3, 0.4) is 0 Å². The zero-order valence-corrected chi connectivity index (χ0v) is 13.8. The second kappa shape index (κ2) is 7.97. The minimum Gasteiger partial charge on any atom is -0.399 e. The lowest BCUT2D eigenvalue weighted by molar-refractivity contribution is -0.121. The van der Waals surface area contributed by atoms with E-state index in [9.17, 15) is 4.79 Å². The third-order valence-corrected chi connectivity index (χ3v) is 4.48. The van der Waals surface area contributed by atoms with Crippen LogP contribution in [0.15, 0.2) is 54.6 Å². The predicted octanol–water partition coefficient (Wildman–Crippen LogP) is 3.10. The summed E-state index contributed by atoms with van der Waals surface area (Å²) in [5.74, 6) is 0.355. The first kappa shape index (κ1) is 16.5. The third kappa shape index (κ3) is 4.36. The van der Waals surface area contributed by atoms with Gasteiger partial charge in [-0.2, -0.15) is 0 Å². The number of nitrogens with two attached hydrogens (primary N) is 1. The Bertz CT molecular complexity index is 655. The van der Waals surface area contributed by atoms with Gasteiger partial charge in [0.05, 0.1) is 12.5 Å². The third-order valence-electron chi connectivity index (χ3n) is 4.48. The van der Waals surface area contributed by atoms with Crippen molar-refractivity contribution in [1.82, 2.24) is 5.32 Å². The predicted molar refractivity (Wildman–Crippen MR) is 95.4 cm³/mol. The fraction of sp³-hybridized carbons (Fsp3) is 0.350. The molecule has 0 aliphatic carbocycles. The highest BCUT2D eigenvalue weighted by atomic mass is 16.5. The maximum absolute atomic E-state index is 12.2. The van der Waals surface area contributed by atoms with Gasteiger partial charge in [-0.15, -0.1) is 0 Å². The molecule has 0 radical (unpaired) electrons. The van der Waals surface area contributed by atoms with Gasteiger partial charge in [0, 0.05) is 24.8 Å². The van der Waals surface area contributed by atoms with E-state index in [4.69, 9.17) is 10.5 Å². The van der Waals surface area contributed by atoms with Crippen LogP contribution >= 0.6 is 0 Å². The Labute approximate surface area is 143 Å². The normalized spacial score (nSPS) is 20.5. The quantitative estimate of drug-likeness (QED) is 0.831. The summed E-state index contributed by atoms with van der Waals surface area (Å²) in [6.45, 7) is 1.43. The Balaban J connectivity index is 1.55. The molecule has 0 spiro atoms. The number of rotatable bonds is 5. The maximum atomic E-state index is 12.2. The maximum Gasteiger partial charge on any atom is 0.224 e. The molecule has 1 aliphatic heterocycles. The van der Waals surface area contributed by atoms with Crippen molar-refractivity contribution in [3.8, 4) is 0 Å². The number of hydrogen-bond acceptors (Lipinski definition) is 3. The van der Waals surface area contributed by atoms with Gasteiger partial charge in [0.25, 0.3) is 0 Å². The first-order valence-electron chi connectivity index (χ1n) is 8.50. The van der Waals surface area contributed by atoms with E-state index in [0.29, 0.717) is 24.6 Å². The van der Waals surface area contributed by atoms with Gasteiger partial charge in [0.2, 0.25) is 5.91 Å². The van der Waals surface area contributed by atoms with Gasteiger partial charge in [-0.05, 0) is 36.1 Å². The highest BCUT2D eigenvalue weighted by Crippen LogP contribution is 2.33. The van der Waals surface area contributed by atoms with Crippen LogP contribution in [0.5, 0.6) is 0 Å². The molecular weight excluding hydrogens is 300 g/mol. The zero-order chi connectivity index (χ0) is 16.8. The van der Waals surface area contributed by atoms with Crippen molar-refractivity contribution >= 4 is 11.6 Å². The van der Waals surface area contributed by atoms with Gasteiger partial charge >= 0.3 is 0 Å². The van der Waals surface area contributed by atoms with E-state index in [0.717, 1.165) is 25.0 Å². The lowest BCUT2D eigenvalue weighted by Crippen LogP contribution is -2.35. The molecule has 2 aromatic rings. The molecule has 4 nitrogen and oxygen atoms in total. The number of ether oxygens (including phenoxy) is 1. The van der Waals surface area contributed by atoms with Gasteiger partial charge < -0.3 is 15.8 Å². The molecule has 0 bridgehead atoms. The van der Waals surface area contributed by atoms with Crippen molar-refractivity contribution in [2.24, 2.45) is 5.92 Å². The van der Waals surface area contributed by atoms with Crippen molar-refractivity contribution in [3.05, 3.63) is 65.7 Å². The number of anilines is 1. The van der Waals surface area contributed by atoms with Crippen molar-refractivity contribution in [2.75, 3.05) is 18.9 Å². The van der Waals surface area contributed by atoms with Crippen molar-refractivity contribution in [1.29, 1.82) is 0 Å². The average molecular weight is 324 g/mol. The summed E-state index contributed by atoms with van der Waals surface area (Å²) >= 11 is 0. The molecule has 3 rings (SSSR count). The van der Waals surface area contributed by atoms with E-state index < -0.39 is 0 Å². The first-order valence-corrected chi connectivity index (χ1v) is 8.50. The number of benzene rings is 2. The van der Waals surface area contributed by atoms with Crippen LogP contribution < -0.4 is 11.1 Å². The fourth-order valence-electron chi connectivity index (χ4n) is 3.19. The highest BCUT2D eigenvalue weighted by Gasteiger charge is 2.27. The minimum atomic E-state index is 0.0390. The molecule has 2 aromatic carbocycles. The summed E-state index contributed by atoms with van der Waals surface area (Å²) < 4.78 is 5.98. The standard InChI is InChI=1S/C20H24N2O2/c21-18-10-8-15(9-11-18)13-19(23)22-14-17-7-4-12-24-20(17)16-5-2-1-3-6-16/h1-3,5-6,8-11,17,20H,4,7,12-14,21H2,(H,22,23). The van der Waals surface area contributed by atoms with Crippen LogP contribution in [0.1, 0.15) is 30.1 Å². The molecule has 1 heterocycles. The van der Waals surface area contributed by atoms with Crippen LogP contribution in [0.2, 0.25) is 0 Å². The molecule has 3 N–H and O–H groups in total. The number of nitrogens with one attached hydrogen (secondary N) is 1.